The summed E-state index contributed by atoms with van der Waals surface area (Å²) in [7, 11) is 0. The lowest BCUT2D eigenvalue weighted by atomic mass is 10.00. The minimum atomic E-state index is -0.235. The molecule has 0 radical (unpaired) electrons. The molecule has 0 unspecified atom stereocenters. The Bertz CT molecular complexity index is 515. The monoisotopic (exact) mass is 217 g/mol. The molecule has 0 amide bonds. The van der Waals surface area contributed by atoms with Crippen LogP contribution in [0, 0.1) is 19.7 Å². The highest BCUT2D eigenvalue weighted by Crippen LogP contribution is 2.26. The smallest absolute Gasteiger partial charge is 0.220 e. The second kappa shape index (κ2) is 3.89. The molecule has 1 aromatic carbocycles. The van der Waals surface area contributed by atoms with Crippen LogP contribution < -0.4 is 5.73 Å². The molecule has 82 valence electrons. The van der Waals surface area contributed by atoms with Crippen LogP contribution in [0.4, 0.5) is 10.3 Å². The van der Waals surface area contributed by atoms with E-state index in [4.69, 9.17) is 5.73 Å². The van der Waals surface area contributed by atoms with Gasteiger partial charge in [0.05, 0.1) is 5.69 Å². The van der Waals surface area contributed by atoms with E-state index in [-0.39, 0.29) is 11.8 Å². The van der Waals surface area contributed by atoms with Gasteiger partial charge in [0.25, 0.3) is 0 Å². The molecule has 0 aliphatic carbocycles. The maximum Gasteiger partial charge on any atom is 0.220 e. The van der Waals surface area contributed by atoms with Crippen molar-refractivity contribution in [3.63, 3.8) is 0 Å². The third kappa shape index (κ3) is 1.86. The molecular formula is C12H12FN3. The SMILES string of the molecule is Cc1cc(F)cc(C)c1-c1ccnc(N)n1. The second-order valence-electron chi connectivity index (χ2n) is 3.71. The molecule has 0 bridgehead atoms. The fourth-order valence-corrected chi connectivity index (χ4v) is 1.83. The molecule has 4 heteroatoms. The van der Waals surface area contributed by atoms with Gasteiger partial charge in [0.1, 0.15) is 5.82 Å². The Kier molecular flexibility index (Phi) is 2.56. The third-order valence-corrected chi connectivity index (χ3v) is 2.43. The summed E-state index contributed by atoms with van der Waals surface area (Å²) in [6.45, 7) is 3.70. The zero-order chi connectivity index (χ0) is 11.7. The van der Waals surface area contributed by atoms with E-state index in [0.717, 1.165) is 22.4 Å². The topological polar surface area (TPSA) is 51.8 Å². The number of anilines is 1. The van der Waals surface area contributed by atoms with Crippen LogP contribution >= 0.6 is 0 Å². The summed E-state index contributed by atoms with van der Waals surface area (Å²) in [5.41, 5.74) is 8.85. The first-order chi connectivity index (χ1) is 7.58. The van der Waals surface area contributed by atoms with E-state index in [1.54, 1.807) is 12.3 Å². The first kappa shape index (κ1) is 10.5. The van der Waals surface area contributed by atoms with Crippen molar-refractivity contribution in [3.05, 3.63) is 41.3 Å². The Morgan fingerprint density at radius 2 is 1.81 bits per heavy atom. The highest BCUT2D eigenvalue weighted by atomic mass is 19.1. The molecule has 0 saturated heterocycles. The number of nitrogens with two attached hydrogens (primary N) is 1. The normalized spacial score (nSPS) is 10.4. The quantitative estimate of drug-likeness (QED) is 0.798. The van der Waals surface area contributed by atoms with Gasteiger partial charge in [-0.25, -0.2) is 14.4 Å². The maximum atomic E-state index is 13.1. The molecule has 1 heterocycles. The number of halogens is 1. The Labute approximate surface area is 93.2 Å². The van der Waals surface area contributed by atoms with Crippen molar-refractivity contribution < 1.29 is 4.39 Å². The molecule has 0 aliphatic rings. The number of hydrogen-bond acceptors (Lipinski definition) is 3. The van der Waals surface area contributed by atoms with Crippen LogP contribution in [-0.4, -0.2) is 9.97 Å². The van der Waals surface area contributed by atoms with E-state index in [1.165, 1.54) is 12.1 Å². The molecule has 0 fully saturated rings. The molecule has 0 spiro atoms. The molecule has 2 N–H and O–H groups in total. The van der Waals surface area contributed by atoms with Gasteiger partial charge in [0.15, 0.2) is 0 Å². The average molecular weight is 217 g/mol. The van der Waals surface area contributed by atoms with Crippen LogP contribution in [-0.2, 0) is 0 Å². The zero-order valence-electron chi connectivity index (χ0n) is 9.16. The van der Waals surface area contributed by atoms with Gasteiger partial charge in [-0.05, 0) is 43.2 Å². The fourth-order valence-electron chi connectivity index (χ4n) is 1.83. The number of hydrogen-bond donors (Lipinski definition) is 1. The molecule has 2 aromatic rings. The van der Waals surface area contributed by atoms with E-state index in [2.05, 4.69) is 9.97 Å². The van der Waals surface area contributed by atoms with Crippen molar-refractivity contribution in [2.45, 2.75) is 13.8 Å². The van der Waals surface area contributed by atoms with E-state index >= 15 is 0 Å². The van der Waals surface area contributed by atoms with Gasteiger partial charge in [-0.2, -0.15) is 0 Å². The number of benzene rings is 1. The second-order valence-corrected chi connectivity index (χ2v) is 3.71. The van der Waals surface area contributed by atoms with E-state index in [1.807, 2.05) is 13.8 Å². The number of aryl methyl sites for hydroxylation is 2. The van der Waals surface area contributed by atoms with Crippen molar-refractivity contribution in [1.82, 2.24) is 9.97 Å². The molecule has 0 atom stereocenters. The highest BCUT2D eigenvalue weighted by molar-refractivity contribution is 5.67. The maximum absolute atomic E-state index is 13.1. The van der Waals surface area contributed by atoms with Crippen molar-refractivity contribution >= 4 is 5.95 Å². The van der Waals surface area contributed by atoms with Crippen LogP contribution in [0.3, 0.4) is 0 Å². The summed E-state index contributed by atoms with van der Waals surface area (Å²) < 4.78 is 13.1. The summed E-state index contributed by atoms with van der Waals surface area (Å²) in [6, 6.07) is 4.74. The van der Waals surface area contributed by atoms with E-state index in [0.29, 0.717) is 0 Å². The van der Waals surface area contributed by atoms with Gasteiger partial charge in [-0.15, -0.1) is 0 Å². The highest BCUT2D eigenvalue weighted by Gasteiger charge is 2.09. The average Bonchev–Trinajstić information content (AvgIpc) is 2.15. The largest absolute Gasteiger partial charge is 0.368 e. The first-order valence-corrected chi connectivity index (χ1v) is 4.93. The lowest BCUT2D eigenvalue weighted by Gasteiger charge is -2.09. The summed E-state index contributed by atoms with van der Waals surface area (Å²) in [5.74, 6) is -0.0126. The van der Waals surface area contributed by atoms with Crippen molar-refractivity contribution in [2.24, 2.45) is 0 Å². The van der Waals surface area contributed by atoms with Crippen LogP contribution in [0.1, 0.15) is 11.1 Å². The van der Waals surface area contributed by atoms with Crippen molar-refractivity contribution in [3.8, 4) is 11.3 Å². The standard InChI is InChI=1S/C12H12FN3/c1-7-5-9(13)6-8(2)11(7)10-3-4-15-12(14)16-10/h3-6H,1-2H3,(H2,14,15,16). The number of aromatic nitrogens is 2. The molecule has 0 aliphatic heterocycles. The molecule has 2 rings (SSSR count). The minimum Gasteiger partial charge on any atom is -0.368 e. The predicted octanol–water partition coefficient (Wildman–Crippen LogP) is 2.48. The Balaban J connectivity index is 2.64. The molecule has 16 heavy (non-hydrogen) atoms. The van der Waals surface area contributed by atoms with Crippen LogP contribution in [0.2, 0.25) is 0 Å². The Morgan fingerprint density at radius 1 is 1.19 bits per heavy atom. The van der Waals surface area contributed by atoms with Gasteiger partial charge < -0.3 is 5.73 Å². The van der Waals surface area contributed by atoms with Crippen LogP contribution in [0.5, 0.6) is 0 Å². The summed E-state index contributed by atoms with van der Waals surface area (Å²) in [4.78, 5) is 7.97. The van der Waals surface area contributed by atoms with Gasteiger partial charge in [-0.3, -0.25) is 0 Å². The van der Waals surface area contributed by atoms with Crippen molar-refractivity contribution in [2.75, 3.05) is 5.73 Å². The lowest BCUT2D eigenvalue weighted by Crippen LogP contribution is -1.98. The number of nitrogen functional groups attached to an aromatic ring is 1. The first-order valence-electron chi connectivity index (χ1n) is 4.93. The third-order valence-electron chi connectivity index (χ3n) is 2.43. The summed E-state index contributed by atoms with van der Waals surface area (Å²) >= 11 is 0. The van der Waals surface area contributed by atoms with Crippen LogP contribution in [0.15, 0.2) is 24.4 Å². The van der Waals surface area contributed by atoms with Crippen molar-refractivity contribution in [1.29, 1.82) is 0 Å². The fraction of sp³-hybridized carbons (Fsp3) is 0.167. The summed E-state index contributed by atoms with van der Waals surface area (Å²) in [6.07, 6.45) is 1.60. The van der Waals surface area contributed by atoms with E-state index < -0.39 is 0 Å². The zero-order valence-corrected chi connectivity index (χ0v) is 9.16. The Hall–Kier alpha value is -1.97. The van der Waals surface area contributed by atoms with Gasteiger partial charge in [0, 0.05) is 11.8 Å². The molecule has 1 aromatic heterocycles. The van der Waals surface area contributed by atoms with Gasteiger partial charge in [-0.1, -0.05) is 0 Å². The molecular weight excluding hydrogens is 205 g/mol. The lowest BCUT2D eigenvalue weighted by molar-refractivity contribution is 0.625. The number of nitrogens with zero attached hydrogens (tertiary/aromatic N) is 2. The minimum absolute atomic E-state index is 0.223. The van der Waals surface area contributed by atoms with Gasteiger partial charge in [0.2, 0.25) is 5.95 Å². The van der Waals surface area contributed by atoms with Gasteiger partial charge >= 0.3 is 0 Å². The number of rotatable bonds is 1. The predicted molar refractivity (Wildman–Crippen MR) is 61.3 cm³/mol. The molecule has 0 saturated carbocycles. The Morgan fingerprint density at radius 3 is 2.38 bits per heavy atom. The summed E-state index contributed by atoms with van der Waals surface area (Å²) in [5, 5.41) is 0. The van der Waals surface area contributed by atoms with Crippen LogP contribution in [0.25, 0.3) is 11.3 Å². The van der Waals surface area contributed by atoms with E-state index in [9.17, 15) is 4.39 Å². The molecule has 3 nitrogen and oxygen atoms in total.